The number of carbonyl (C=O) groups excluding carboxylic acids is 2. The molecule has 1 aromatic carbocycles. The number of anilines is 1. The Bertz CT molecular complexity index is 588. The quantitative estimate of drug-likeness (QED) is 0.613. The fourth-order valence-electron chi connectivity index (χ4n) is 3.02. The van der Waals surface area contributed by atoms with Crippen LogP contribution in [0.1, 0.15) is 19.8 Å². The SMILES string of the molecule is COc1ccc(N2C(=O)C3CC=C(C)CC3C2=O)cc1. The maximum atomic E-state index is 12.5. The van der Waals surface area contributed by atoms with Crippen molar-refractivity contribution < 1.29 is 14.3 Å². The molecule has 1 aliphatic carbocycles. The Kier molecular flexibility index (Phi) is 3.08. The zero-order valence-corrected chi connectivity index (χ0v) is 11.6. The molecule has 3 rings (SSSR count). The number of methoxy groups -OCH3 is 1. The van der Waals surface area contributed by atoms with Gasteiger partial charge in [0.05, 0.1) is 24.6 Å². The summed E-state index contributed by atoms with van der Waals surface area (Å²) in [6.07, 6.45) is 3.44. The molecule has 0 spiro atoms. The molecule has 0 aromatic heterocycles. The number of allylic oxidation sites excluding steroid dienone is 2. The van der Waals surface area contributed by atoms with Crippen LogP contribution >= 0.6 is 0 Å². The van der Waals surface area contributed by atoms with Crippen molar-refractivity contribution in [1.82, 2.24) is 0 Å². The van der Waals surface area contributed by atoms with Gasteiger partial charge in [0.1, 0.15) is 5.75 Å². The van der Waals surface area contributed by atoms with E-state index in [9.17, 15) is 9.59 Å². The van der Waals surface area contributed by atoms with Crippen LogP contribution in [0.5, 0.6) is 5.75 Å². The molecule has 1 aromatic rings. The van der Waals surface area contributed by atoms with Crippen molar-refractivity contribution in [3.05, 3.63) is 35.9 Å². The Morgan fingerprint density at radius 1 is 1.10 bits per heavy atom. The molecule has 0 radical (unpaired) electrons. The summed E-state index contributed by atoms with van der Waals surface area (Å²) in [7, 11) is 1.59. The summed E-state index contributed by atoms with van der Waals surface area (Å²) in [4.78, 5) is 26.3. The number of hydrogen-bond acceptors (Lipinski definition) is 3. The summed E-state index contributed by atoms with van der Waals surface area (Å²) in [5, 5.41) is 0. The van der Waals surface area contributed by atoms with Crippen LogP contribution in [0.4, 0.5) is 5.69 Å². The van der Waals surface area contributed by atoms with E-state index in [4.69, 9.17) is 4.74 Å². The Labute approximate surface area is 118 Å². The predicted molar refractivity (Wildman–Crippen MR) is 75.5 cm³/mol. The monoisotopic (exact) mass is 271 g/mol. The van der Waals surface area contributed by atoms with Gasteiger partial charge in [-0.2, -0.15) is 0 Å². The number of benzene rings is 1. The lowest BCUT2D eigenvalue weighted by atomic mass is 9.82. The van der Waals surface area contributed by atoms with Gasteiger partial charge >= 0.3 is 0 Å². The van der Waals surface area contributed by atoms with Crippen LogP contribution in [0.25, 0.3) is 0 Å². The maximum Gasteiger partial charge on any atom is 0.238 e. The van der Waals surface area contributed by atoms with Gasteiger partial charge in [-0.05, 0) is 44.0 Å². The third kappa shape index (κ3) is 1.92. The first-order chi connectivity index (χ1) is 9.61. The zero-order chi connectivity index (χ0) is 14.3. The van der Waals surface area contributed by atoms with E-state index in [1.165, 1.54) is 10.5 Å². The van der Waals surface area contributed by atoms with Gasteiger partial charge in [0, 0.05) is 0 Å². The molecule has 1 aliphatic heterocycles. The molecule has 4 nitrogen and oxygen atoms in total. The van der Waals surface area contributed by atoms with E-state index in [2.05, 4.69) is 6.08 Å². The smallest absolute Gasteiger partial charge is 0.238 e. The molecule has 0 bridgehead atoms. The van der Waals surface area contributed by atoms with Gasteiger partial charge in [0.15, 0.2) is 0 Å². The molecular weight excluding hydrogens is 254 g/mol. The van der Waals surface area contributed by atoms with Crippen molar-refractivity contribution in [2.45, 2.75) is 19.8 Å². The highest BCUT2D eigenvalue weighted by Crippen LogP contribution is 2.39. The lowest BCUT2D eigenvalue weighted by Gasteiger charge is -2.18. The van der Waals surface area contributed by atoms with E-state index in [-0.39, 0.29) is 23.7 Å². The van der Waals surface area contributed by atoms with Crippen LogP contribution in [-0.2, 0) is 9.59 Å². The molecule has 2 aliphatic rings. The molecular formula is C16H17NO3. The Hall–Kier alpha value is -2.10. The van der Waals surface area contributed by atoms with Gasteiger partial charge in [-0.3, -0.25) is 14.5 Å². The minimum Gasteiger partial charge on any atom is -0.497 e. The highest BCUT2D eigenvalue weighted by atomic mass is 16.5. The molecule has 1 heterocycles. The number of carbonyl (C=O) groups is 2. The zero-order valence-electron chi connectivity index (χ0n) is 11.6. The van der Waals surface area contributed by atoms with Gasteiger partial charge in [-0.1, -0.05) is 11.6 Å². The van der Waals surface area contributed by atoms with Crippen molar-refractivity contribution in [2.24, 2.45) is 11.8 Å². The summed E-state index contributed by atoms with van der Waals surface area (Å²) >= 11 is 0. The van der Waals surface area contributed by atoms with Crippen LogP contribution in [0, 0.1) is 11.8 Å². The van der Waals surface area contributed by atoms with Crippen LogP contribution in [0.2, 0.25) is 0 Å². The van der Waals surface area contributed by atoms with E-state index in [0.717, 1.165) is 0 Å². The molecule has 20 heavy (non-hydrogen) atoms. The molecule has 4 heteroatoms. The Balaban J connectivity index is 1.91. The van der Waals surface area contributed by atoms with Crippen LogP contribution in [0.3, 0.4) is 0 Å². The highest BCUT2D eigenvalue weighted by molar-refractivity contribution is 6.22. The second kappa shape index (κ2) is 4.78. The fourth-order valence-corrected chi connectivity index (χ4v) is 3.02. The lowest BCUT2D eigenvalue weighted by Crippen LogP contribution is -2.30. The summed E-state index contributed by atoms with van der Waals surface area (Å²) in [6, 6.07) is 7.04. The number of hydrogen-bond donors (Lipinski definition) is 0. The average Bonchev–Trinajstić information content (AvgIpc) is 2.71. The normalized spacial score (nSPS) is 25.5. The second-order valence-electron chi connectivity index (χ2n) is 5.41. The molecule has 1 fully saturated rings. The third-order valence-corrected chi connectivity index (χ3v) is 4.15. The van der Waals surface area contributed by atoms with Crippen LogP contribution in [0.15, 0.2) is 35.9 Å². The number of imide groups is 1. The van der Waals surface area contributed by atoms with Crippen molar-refractivity contribution in [3.8, 4) is 5.75 Å². The number of nitrogens with zero attached hydrogens (tertiary/aromatic N) is 1. The average molecular weight is 271 g/mol. The molecule has 0 saturated carbocycles. The van der Waals surface area contributed by atoms with Crippen LogP contribution < -0.4 is 9.64 Å². The van der Waals surface area contributed by atoms with E-state index < -0.39 is 0 Å². The molecule has 104 valence electrons. The van der Waals surface area contributed by atoms with Gasteiger partial charge in [-0.15, -0.1) is 0 Å². The topological polar surface area (TPSA) is 46.6 Å². The number of ether oxygens (including phenoxy) is 1. The van der Waals surface area contributed by atoms with E-state index in [1.807, 2.05) is 6.92 Å². The Morgan fingerprint density at radius 2 is 1.75 bits per heavy atom. The molecule has 1 saturated heterocycles. The van der Waals surface area contributed by atoms with Crippen molar-refractivity contribution in [1.29, 1.82) is 0 Å². The molecule has 2 atom stereocenters. The first kappa shape index (κ1) is 12.9. The predicted octanol–water partition coefficient (Wildman–Crippen LogP) is 2.54. The van der Waals surface area contributed by atoms with E-state index in [1.54, 1.807) is 31.4 Å². The lowest BCUT2D eigenvalue weighted by molar-refractivity contribution is -0.122. The first-order valence-corrected chi connectivity index (χ1v) is 6.79. The summed E-state index contributed by atoms with van der Waals surface area (Å²) in [6.45, 7) is 2.02. The third-order valence-electron chi connectivity index (χ3n) is 4.15. The summed E-state index contributed by atoms with van der Waals surface area (Å²) in [5.41, 5.74) is 1.83. The molecule has 2 unspecified atom stereocenters. The summed E-state index contributed by atoms with van der Waals surface area (Å²) in [5.74, 6) is 0.192. The second-order valence-corrected chi connectivity index (χ2v) is 5.41. The van der Waals surface area contributed by atoms with Crippen molar-refractivity contribution in [3.63, 3.8) is 0 Å². The highest BCUT2D eigenvalue weighted by Gasteiger charge is 2.48. The number of fused-ring (bicyclic) bond motifs is 1. The van der Waals surface area contributed by atoms with Gasteiger partial charge in [0.25, 0.3) is 0 Å². The largest absolute Gasteiger partial charge is 0.497 e. The fraction of sp³-hybridized carbons (Fsp3) is 0.375. The first-order valence-electron chi connectivity index (χ1n) is 6.79. The summed E-state index contributed by atoms with van der Waals surface area (Å²) < 4.78 is 5.10. The molecule has 2 amide bonds. The van der Waals surface area contributed by atoms with Gasteiger partial charge < -0.3 is 4.74 Å². The standard InChI is InChI=1S/C16H17NO3/c1-10-3-8-13-14(9-10)16(19)17(15(13)18)11-4-6-12(20-2)7-5-11/h3-7,13-14H,8-9H2,1-2H3. The van der Waals surface area contributed by atoms with Crippen molar-refractivity contribution >= 4 is 17.5 Å². The van der Waals surface area contributed by atoms with E-state index >= 15 is 0 Å². The van der Waals surface area contributed by atoms with Gasteiger partial charge in [-0.25, -0.2) is 0 Å². The Morgan fingerprint density at radius 3 is 2.40 bits per heavy atom. The molecule has 0 N–H and O–H groups in total. The number of amides is 2. The maximum absolute atomic E-state index is 12.5. The minimum absolute atomic E-state index is 0.0717. The van der Waals surface area contributed by atoms with Crippen molar-refractivity contribution in [2.75, 3.05) is 12.0 Å². The number of rotatable bonds is 2. The minimum atomic E-state index is -0.187. The van der Waals surface area contributed by atoms with Crippen LogP contribution in [-0.4, -0.2) is 18.9 Å². The van der Waals surface area contributed by atoms with E-state index in [0.29, 0.717) is 24.3 Å². The van der Waals surface area contributed by atoms with Gasteiger partial charge in [0.2, 0.25) is 11.8 Å².